The summed E-state index contributed by atoms with van der Waals surface area (Å²) in [4.78, 5) is 11.4. The largest absolute Gasteiger partial charge is 0.356 e. The molecule has 27 heavy (non-hydrogen) atoms. The zero-order valence-electron chi connectivity index (χ0n) is 15.2. The molecule has 1 aliphatic heterocycles. The van der Waals surface area contributed by atoms with Crippen LogP contribution in [-0.2, 0) is 13.0 Å². The van der Waals surface area contributed by atoms with Crippen LogP contribution in [0.1, 0.15) is 24.1 Å². The number of hydrogen-bond acceptors (Lipinski definition) is 4. The van der Waals surface area contributed by atoms with Gasteiger partial charge in [0, 0.05) is 55.1 Å². The van der Waals surface area contributed by atoms with Crippen LogP contribution < -0.4 is 15.5 Å². The third-order valence-corrected chi connectivity index (χ3v) is 5.81. The Kier molecular flexibility index (Phi) is 9.41. The second-order valence-corrected chi connectivity index (χ2v) is 7.83. The van der Waals surface area contributed by atoms with Crippen LogP contribution in [0.2, 0.25) is 10.0 Å². The molecule has 0 atom stereocenters. The van der Waals surface area contributed by atoms with Crippen LogP contribution in [0.5, 0.6) is 0 Å². The predicted molar refractivity (Wildman–Crippen MR) is 127 cm³/mol. The highest BCUT2D eigenvalue weighted by molar-refractivity contribution is 14.0. The lowest BCUT2D eigenvalue weighted by molar-refractivity contribution is 0.785. The van der Waals surface area contributed by atoms with E-state index >= 15 is 0 Å². The molecule has 2 heterocycles. The monoisotopic (exact) mass is 539 g/mol. The van der Waals surface area contributed by atoms with Crippen molar-refractivity contribution in [1.82, 2.24) is 15.6 Å². The Balaban J connectivity index is 0.00000261. The minimum absolute atomic E-state index is 0. The molecule has 0 bridgehead atoms. The smallest absolute Gasteiger partial charge is 0.191 e. The highest BCUT2D eigenvalue weighted by Gasteiger charge is 2.15. The summed E-state index contributed by atoms with van der Waals surface area (Å²) in [5.74, 6) is 0.742. The minimum atomic E-state index is 0. The van der Waals surface area contributed by atoms with E-state index in [1.807, 2.05) is 12.1 Å². The number of hydrogen-bond donors (Lipinski definition) is 2. The summed E-state index contributed by atoms with van der Waals surface area (Å²) in [5.41, 5.74) is 2.11. The van der Waals surface area contributed by atoms with Gasteiger partial charge in [0.05, 0.1) is 5.69 Å². The second-order valence-electron chi connectivity index (χ2n) is 6.15. The Hall–Kier alpha value is -0.770. The number of aromatic nitrogens is 1. The summed E-state index contributed by atoms with van der Waals surface area (Å²) in [5, 5.41) is 11.2. The summed E-state index contributed by atoms with van der Waals surface area (Å²) in [7, 11) is 1.76. The Labute approximate surface area is 191 Å². The van der Waals surface area contributed by atoms with E-state index < -0.39 is 0 Å². The Morgan fingerprint density at radius 2 is 2.04 bits per heavy atom. The van der Waals surface area contributed by atoms with E-state index in [4.69, 9.17) is 28.2 Å². The van der Waals surface area contributed by atoms with E-state index in [0.717, 1.165) is 48.4 Å². The normalized spacial score (nSPS) is 14.2. The van der Waals surface area contributed by atoms with Gasteiger partial charge in [0.2, 0.25) is 0 Å². The van der Waals surface area contributed by atoms with Gasteiger partial charge < -0.3 is 15.5 Å². The number of nitrogens with zero attached hydrogens (tertiary/aromatic N) is 3. The van der Waals surface area contributed by atoms with Crippen molar-refractivity contribution in [2.45, 2.75) is 25.8 Å². The van der Waals surface area contributed by atoms with Gasteiger partial charge in [-0.15, -0.1) is 35.3 Å². The molecule has 2 N–H and O–H groups in total. The lowest BCUT2D eigenvalue weighted by Gasteiger charge is -2.13. The van der Waals surface area contributed by atoms with Gasteiger partial charge in [-0.1, -0.05) is 29.3 Å². The lowest BCUT2D eigenvalue weighted by Crippen LogP contribution is -2.37. The number of aliphatic imine (C=N–C) groups is 1. The molecule has 1 aliphatic rings. The first kappa shape index (κ1) is 22.5. The van der Waals surface area contributed by atoms with Crippen molar-refractivity contribution in [1.29, 1.82) is 0 Å². The molecular weight excluding hydrogens is 516 g/mol. The van der Waals surface area contributed by atoms with Crippen molar-refractivity contribution in [2.24, 2.45) is 4.99 Å². The Morgan fingerprint density at radius 3 is 2.74 bits per heavy atom. The van der Waals surface area contributed by atoms with Crippen LogP contribution in [0.3, 0.4) is 0 Å². The van der Waals surface area contributed by atoms with Crippen molar-refractivity contribution >= 4 is 69.6 Å². The van der Waals surface area contributed by atoms with Gasteiger partial charge in [-0.25, -0.2) is 4.98 Å². The van der Waals surface area contributed by atoms with Crippen molar-refractivity contribution < 1.29 is 0 Å². The maximum absolute atomic E-state index is 6.20. The fourth-order valence-electron chi connectivity index (χ4n) is 2.84. The molecule has 1 aromatic carbocycles. The molecule has 1 saturated heterocycles. The molecule has 0 amide bonds. The second kappa shape index (κ2) is 11.3. The molecule has 148 valence electrons. The molecule has 3 rings (SSSR count). The molecule has 9 heteroatoms. The molecule has 0 radical (unpaired) electrons. The molecule has 2 aromatic rings. The number of rotatable bonds is 6. The molecule has 1 fully saturated rings. The van der Waals surface area contributed by atoms with Crippen LogP contribution in [0.25, 0.3) is 0 Å². The Bertz CT molecular complexity index is 762. The third-order valence-electron chi connectivity index (χ3n) is 4.27. The average molecular weight is 540 g/mol. The van der Waals surface area contributed by atoms with Gasteiger partial charge >= 0.3 is 0 Å². The van der Waals surface area contributed by atoms with Crippen LogP contribution >= 0.6 is 58.5 Å². The van der Waals surface area contributed by atoms with Crippen molar-refractivity contribution in [3.8, 4) is 0 Å². The third kappa shape index (κ3) is 6.66. The number of anilines is 1. The summed E-state index contributed by atoms with van der Waals surface area (Å²) < 4.78 is 0. The highest BCUT2D eigenvalue weighted by Crippen LogP contribution is 2.24. The number of halogens is 3. The topological polar surface area (TPSA) is 52.6 Å². The first-order valence-electron chi connectivity index (χ1n) is 8.73. The summed E-state index contributed by atoms with van der Waals surface area (Å²) >= 11 is 13.9. The minimum Gasteiger partial charge on any atom is -0.356 e. The van der Waals surface area contributed by atoms with Crippen LogP contribution in [0.15, 0.2) is 28.6 Å². The molecule has 0 saturated carbocycles. The fourth-order valence-corrected chi connectivity index (χ4v) is 4.23. The number of guanidine groups is 1. The van der Waals surface area contributed by atoms with E-state index in [9.17, 15) is 0 Å². The van der Waals surface area contributed by atoms with Gasteiger partial charge in [0.1, 0.15) is 0 Å². The molecule has 0 aliphatic carbocycles. The maximum Gasteiger partial charge on any atom is 0.191 e. The average Bonchev–Trinajstić information content (AvgIpc) is 3.30. The van der Waals surface area contributed by atoms with Crippen LogP contribution in [0, 0.1) is 0 Å². The molecular formula is C18H24Cl2IN5S. The quantitative estimate of drug-likeness (QED) is 0.320. The molecule has 1 aromatic heterocycles. The van der Waals surface area contributed by atoms with E-state index in [1.54, 1.807) is 24.5 Å². The summed E-state index contributed by atoms with van der Waals surface area (Å²) in [6.07, 6.45) is 3.42. The first-order chi connectivity index (χ1) is 12.7. The number of thiazole rings is 1. The van der Waals surface area contributed by atoms with Crippen molar-refractivity contribution in [2.75, 3.05) is 31.6 Å². The predicted octanol–water partition coefficient (Wildman–Crippen LogP) is 4.58. The van der Waals surface area contributed by atoms with E-state index in [0.29, 0.717) is 16.6 Å². The molecule has 5 nitrogen and oxygen atoms in total. The summed E-state index contributed by atoms with van der Waals surface area (Å²) in [6.45, 7) is 3.63. The first-order valence-corrected chi connectivity index (χ1v) is 10.4. The van der Waals surface area contributed by atoms with E-state index in [2.05, 4.69) is 25.9 Å². The summed E-state index contributed by atoms with van der Waals surface area (Å²) in [6, 6.07) is 5.50. The SMILES string of the molecule is CN=C(NCCc1csc(N2CCCC2)n1)NCc1ccc(Cl)cc1Cl.I. The maximum atomic E-state index is 6.20. The number of benzene rings is 1. The van der Waals surface area contributed by atoms with E-state index in [-0.39, 0.29) is 24.0 Å². The zero-order valence-corrected chi connectivity index (χ0v) is 19.8. The van der Waals surface area contributed by atoms with Crippen molar-refractivity contribution in [3.63, 3.8) is 0 Å². The number of nitrogens with one attached hydrogen (secondary N) is 2. The lowest BCUT2D eigenvalue weighted by atomic mass is 10.2. The molecule has 0 unspecified atom stereocenters. The van der Waals surface area contributed by atoms with Gasteiger partial charge in [0.25, 0.3) is 0 Å². The van der Waals surface area contributed by atoms with Gasteiger partial charge in [-0.05, 0) is 30.5 Å². The van der Waals surface area contributed by atoms with Gasteiger partial charge in [-0.3, -0.25) is 4.99 Å². The zero-order chi connectivity index (χ0) is 18.4. The Morgan fingerprint density at radius 1 is 1.26 bits per heavy atom. The van der Waals surface area contributed by atoms with E-state index in [1.165, 1.54) is 12.8 Å². The van der Waals surface area contributed by atoms with Crippen molar-refractivity contribution in [3.05, 3.63) is 44.9 Å². The van der Waals surface area contributed by atoms with Crippen LogP contribution in [-0.4, -0.2) is 37.6 Å². The van der Waals surface area contributed by atoms with Gasteiger partial charge in [0.15, 0.2) is 11.1 Å². The van der Waals surface area contributed by atoms with Crippen LogP contribution in [0.4, 0.5) is 5.13 Å². The highest BCUT2D eigenvalue weighted by atomic mass is 127. The standard InChI is InChI=1S/C18H23Cl2N5S.HI/c1-21-17(23-11-13-4-5-14(19)10-16(13)20)22-7-6-15-12-26-18(24-15)25-8-2-3-9-25;/h4-5,10,12H,2-3,6-9,11H2,1H3,(H2,21,22,23);1H. The molecule has 0 spiro atoms. The fraction of sp³-hybridized carbons (Fsp3) is 0.444. The van der Waals surface area contributed by atoms with Gasteiger partial charge in [-0.2, -0.15) is 0 Å².